The summed E-state index contributed by atoms with van der Waals surface area (Å²) in [6, 6.07) is 6.92. The molecule has 0 unspecified atom stereocenters. The van der Waals surface area contributed by atoms with E-state index >= 15 is 0 Å². The second-order valence-corrected chi connectivity index (χ2v) is 6.50. The van der Waals surface area contributed by atoms with Crippen LogP contribution in [0, 0.1) is 0 Å². The number of hydrogen-bond donors (Lipinski definition) is 0. The molecule has 3 rings (SSSR count). The monoisotopic (exact) mass is 346 g/mol. The summed E-state index contributed by atoms with van der Waals surface area (Å²) in [7, 11) is 0. The number of piperazine rings is 1. The highest BCUT2D eigenvalue weighted by Crippen LogP contribution is 2.14. The van der Waals surface area contributed by atoms with E-state index in [0.29, 0.717) is 36.8 Å². The highest BCUT2D eigenvalue weighted by Gasteiger charge is 2.26. The first-order chi connectivity index (χ1) is 11.6. The largest absolute Gasteiger partial charge is 0.459 e. The standard InChI is InChI=1S/C17H18N2O4S/c20-13(15-4-2-12-24-15)5-6-16(21)18-7-9-19(10-8-18)17(22)14-3-1-11-23-14/h1-4,11-12H,5-10H2. The lowest BCUT2D eigenvalue weighted by atomic mass is 10.1. The van der Waals surface area contributed by atoms with Crippen LogP contribution in [0.3, 0.4) is 0 Å². The van der Waals surface area contributed by atoms with Gasteiger partial charge >= 0.3 is 0 Å². The van der Waals surface area contributed by atoms with Crippen molar-refractivity contribution >= 4 is 28.9 Å². The van der Waals surface area contributed by atoms with Gasteiger partial charge in [0.1, 0.15) is 0 Å². The van der Waals surface area contributed by atoms with Crippen molar-refractivity contribution in [3.8, 4) is 0 Å². The molecule has 2 amide bonds. The molecule has 0 radical (unpaired) electrons. The Morgan fingerprint density at radius 2 is 1.75 bits per heavy atom. The molecule has 1 aliphatic rings. The molecule has 0 aromatic carbocycles. The van der Waals surface area contributed by atoms with Crippen molar-refractivity contribution in [3.05, 3.63) is 46.5 Å². The van der Waals surface area contributed by atoms with Gasteiger partial charge in [-0.1, -0.05) is 6.07 Å². The number of nitrogens with zero attached hydrogens (tertiary/aromatic N) is 2. The summed E-state index contributed by atoms with van der Waals surface area (Å²) in [6.45, 7) is 1.92. The zero-order valence-electron chi connectivity index (χ0n) is 13.1. The van der Waals surface area contributed by atoms with E-state index in [1.807, 2.05) is 11.4 Å². The number of rotatable bonds is 5. The molecule has 0 N–H and O–H groups in total. The first kappa shape index (κ1) is 16.4. The quantitative estimate of drug-likeness (QED) is 0.779. The van der Waals surface area contributed by atoms with E-state index in [2.05, 4.69) is 0 Å². The van der Waals surface area contributed by atoms with E-state index in [4.69, 9.17) is 4.42 Å². The number of Topliss-reactive ketones (excluding diaryl/α,β-unsaturated/α-hetero) is 1. The molecule has 3 heterocycles. The molecular weight excluding hydrogens is 328 g/mol. The molecule has 0 atom stereocenters. The number of thiophene rings is 1. The van der Waals surface area contributed by atoms with Crippen LogP contribution in [0.4, 0.5) is 0 Å². The van der Waals surface area contributed by atoms with Crippen LogP contribution in [0.15, 0.2) is 40.3 Å². The maximum Gasteiger partial charge on any atom is 0.289 e. The van der Waals surface area contributed by atoms with Gasteiger partial charge in [-0.2, -0.15) is 0 Å². The summed E-state index contributed by atoms with van der Waals surface area (Å²) in [5, 5.41) is 1.85. The minimum absolute atomic E-state index is 0.00461. The molecule has 2 aromatic rings. The number of furan rings is 1. The molecular formula is C17H18N2O4S. The molecule has 1 fully saturated rings. The van der Waals surface area contributed by atoms with E-state index in [1.54, 1.807) is 28.0 Å². The van der Waals surface area contributed by atoms with Crippen molar-refractivity contribution in [2.24, 2.45) is 0 Å². The predicted octanol–water partition coefficient (Wildman–Crippen LogP) is 2.29. The van der Waals surface area contributed by atoms with E-state index in [1.165, 1.54) is 17.6 Å². The van der Waals surface area contributed by atoms with Crippen LogP contribution in [-0.2, 0) is 4.79 Å². The number of hydrogen-bond acceptors (Lipinski definition) is 5. The molecule has 1 saturated heterocycles. The smallest absolute Gasteiger partial charge is 0.289 e. The Kier molecular flexibility index (Phi) is 5.10. The third-order valence-corrected chi connectivity index (χ3v) is 4.92. The van der Waals surface area contributed by atoms with Crippen molar-refractivity contribution in [2.45, 2.75) is 12.8 Å². The summed E-state index contributed by atoms with van der Waals surface area (Å²) >= 11 is 1.39. The second-order valence-electron chi connectivity index (χ2n) is 5.55. The van der Waals surface area contributed by atoms with Gasteiger partial charge < -0.3 is 14.2 Å². The maximum atomic E-state index is 12.2. The van der Waals surface area contributed by atoms with Crippen molar-refractivity contribution in [3.63, 3.8) is 0 Å². The van der Waals surface area contributed by atoms with Gasteiger partial charge in [0.2, 0.25) is 5.91 Å². The second kappa shape index (κ2) is 7.44. The van der Waals surface area contributed by atoms with E-state index in [-0.39, 0.29) is 30.4 Å². The maximum absolute atomic E-state index is 12.2. The molecule has 126 valence electrons. The normalized spacial score (nSPS) is 14.7. The van der Waals surface area contributed by atoms with Crippen molar-refractivity contribution < 1.29 is 18.8 Å². The zero-order chi connectivity index (χ0) is 16.9. The molecule has 2 aromatic heterocycles. The minimum atomic E-state index is -0.153. The molecule has 0 saturated carbocycles. The molecule has 0 aliphatic carbocycles. The van der Waals surface area contributed by atoms with E-state index in [0.717, 1.165) is 0 Å². The zero-order valence-corrected chi connectivity index (χ0v) is 14.0. The van der Waals surface area contributed by atoms with E-state index < -0.39 is 0 Å². The number of ketones is 1. The highest BCUT2D eigenvalue weighted by molar-refractivity contribution is 7.12. The molecule has 24 heavy (non-hydrogen) atoms. The Morgan fingerprint density at radius 1 is 1.00 bits per heavy atom. The van der Waals surface area contributed by atoms with Crippen LogP contribution in [0.25, 0.3) is 0 Å². The first-order valence-corrected chi connectivity index (χ1v) is 8.70. The van der Waals surface area contributed by atoms with Crippen LogP contribution < -0.4 is 0 Å². The van der Waals surface area contributed by atoms with Gasteiger partial charge in [0.15, 0.2) is 11.5 Å². The van der Waals surface area contributed by atoms with Crippen LogP contribution in [-0.4, -0.2) is 53.6 Å². The van der Waals surface area contributed by atoms with Gasteiger partial charge in [0.25, 0.3) is 5.91 Å². The SMILES string of the molecule is O=C(CCC(=O)N1CCN(C(=O)c2ccco2)CC1)c1cccs1. The lowest BCUT2D eigenvalue weighted by molar-refractivity contribution is -0.132. The predicted molar refractivity (Wildman–Crippen MR) is 89.1 cm³/mol. The average Bonchev–Trinajstić information content (AvgIpc) is 3.32. The molecule has 7 heteroatoms. The Balaban J connectivity index is 1.45. The minimum Gasteiger partial charge on any atom is -0.459 e. The fraction of sp³-hybridized carbons (Fsp3) is 0.353. The average molecular weight is 346 g/mol. The van der Waals surface area contributed by atoms with Crippen LogP contribution in [0.1, 0.15) is 33.1 Å². The third kappa shape index (κ3) is 3.73. The summed E-state index contributed by atoms with van der Waals surface area (Å²) in [5.74, 6) is 0.131. The lowest BCUT2D eigenvalue weighted by Gasteiger charge is -2.34. The first-order valence-electron chi connectivity index (χ1n) is 7.82. The third-order valence-electron chi connectivity index (χ3n) is 4.01. The summed E-state index contributed by atoms with van der Waals surface area (Å²) in [5.41, 5.74) is 0. The Morgan fingerprint density at radius 3 is 2.38 bits per heavy atom. The Labute approximate surface area is 143 Å². The van der Waals surface area contributed by atoms with Gasteiger partial charge in [0.05, 0.1) is 11.1 Å². The molecule has 6 nitrogen and oxygen atoms in total. The van der Waals surface area contributed by atoms with Gasteiger partial charge in [0, 0.05) is 39.0 Å². The lowest BCUT2D eigenvalue weighted by Crippen LogP contribution is -2.50. The summed E-state index contributed by atoms with van der Waals surface area (Å²) in [6.07, 6.45) is 1.91. The fourth-order valence-electron chi connectivity index (χ4n) is 2.65. The highest BCUT2D eigenvalue weighted by atomic mass is 32.1. The van der Waals surface area contributed by atoms with E-state index in [9.17, 15) is 14.4 Å². The number of amides is 2. The number of carbonyl (C=O) groups excluding carboxylic acids is 3. The fourth-order valence-corrected chi connectivity index (χ4v) is 3.35. The van der Waals surface area contributed by atoms with Crippen LogP contribution in [0.2, 0.25) is 0 Å². The molecule has 0 bridgehead atoms. The van der Waals surface area contributed by atoms with Crippen LogP contribution >= 0.6 is 11.3 Å². The molecule has 1 aliphatic heterocycles. The Hall–Kier alpha value is -2.41. The Bertz CT molecular complexity index is 701. The van der Waals surface area contributed by atoms with Crippen molar-refractivity contribution in [2.75, 3.05) is 26.2 Å². The van der Waals surface area contributed by atoms with Gasteiger partial charge in [-0.15, -0.1) is 11.3 Å². The van der Waals surface area contributed by atoms with Crippen molar-refractivity contribution in [1.29, 1.82) is 0 Å². The van der Waals surface area contributed by atoms with Crippen molar-refractivity contribution in [1.82, 2.24) is 9.80 Å². The van der Waals surface area contributed by atoms with Gasteiger partial charge in [-0.05, 0) is 23.6 Å². The molecule has 0 spiro atoms. The van der Waals surface area contributed by atoms with Gasteiger partial charge in [-0.25, -0.2) is 0 Å². The number of carbonyl (C=O) groups is 3. The topological polar surface area (TPSA) is 70.8 Å². The van der Waals surface area contributed by atoms with Gasteiger partial charge in [-0.3, -0.25) is 14.4 Å². The summed E-state index contributed by atoms with van der Waals surface area (Å²) in [4.78, 5) is 40.4. The summed E-state index contributed by atoms with van der Waals surface area (Å²) < 4.78 is 5.11. The van der Waals surface area contributed by atoms with Crippen LogP contribution in [0.5, 0.6) is 0 Å².